The second-order valence-corrected chi connectivity index (χ2v) is 7.33. The number of hydrogen-bond donors (Lipinski definition) is 2. The third kappa shape index (κ3) is 5.11. The number of piperidine rings is 1. The highest BCUT2D eigenvalue weighted by molar-refractivity contribution is 7.15. The van der Waals surface area contributed by atoms with E-state index in [1.807, 2.05) is 36.5 Å². The highest BCUT2D eigenvalue weighted by atomic mass is 32.1. The van der Waals surface area contributed by atoms with E-state index in [0.717, 1.165) is 43.0 Å². The van der Waals surface area contributed by atoms with Gasteiger partial charge in [-0.2, -0.15) is 0 Å². The molecule has 0 radical (unpaired) electrons. The maximum absolute atomic E-state index is 12.4. The summed E-state index contributed by atoms with van der Waals surface area (Å²) < 4.78 is 0. The predicted octanol–water partition coefficient (Wildman–Crippen LogP) is 2.95. The van der Waals surface area contributed by atoms with Crippen LogP contribution in [0, 0.1) is 5.92 Å². The van der Waals surface area contributed by atoms with Crippen LogP contribution in [-0.4, -0.2) is 34.8 Å². The van der Waals surface area contributed by atoms with Gasteiger partial charge in [-0.05, 0) is 38.1 Å². The molecule has 6 nitrogen and oxygen atoms in total. The van der Waals surface area contributed by atoms with Crippen molar-refractivity contribution in [3.05, 3.63) is 41.4 Å². The lowest BCUT2D eigenvalue weighted by molar-refractivity contribution is -0.121. The second kappa shape index (κ2) is 8.22. The minimum Gasteiger partial charge on any atom is -0.326 e. The summed E-state index contributed by atoms with van der Waals surface area (Å²) in [6.45, 7) is 4.07. The highest BCUT2D eigenvalue weighted by Gasteiger charge is 2.25. The van der Waals surface area contributed by atoms with Crippen LogP contribution in [0.15, 0.2) is 36.5 Å². The number of hydrogen-bond acceptors (Lipinski definition) is 5. The molecule has 2 N–H and O–H groups in total. The molecule has 0 spiro atoms. The van der Waals surface area contributed by atoms with Gasteiger partial charge in [-0.1, -0.05) is 18.2 Å². The van der Waals surface area contributed by atoms with E-state index in [9.17, 15) is 9.59 Å². The van der Waals surface area contributed by atoms with Crippen molar-refractivity contribution >= 4 is 34.0 Å². The van der Waals surface area contributed by atoms with Gasteiger partial charge < -0.3 is 10.6 Å². The Balaban J connectivity index is 1.46. The molecule has 1 saturated heterocycles. The van der Waals surface area contributed by atoms with Crippen LogP contribution < -0.4 is 10.6 Å². The van der Waals surface area contributed by atoms with E-state index in [4.69, 9.17) is 0 Å². The van der Waals surface area contributed by atoms with Crippen LogP contribution >= 0.6 is 11.3 Å². The van der Waals surface area contributed by atoms with E-state index < -0.39 is 0 Å². The Morgan fingerprint density at radius 1 is 1.20 bits per heavy atom. The smallest absolute Gasteiger partial charge is 0.227 e. The van der Waals surface area contributed by atoms with Crippen molar-refractivity contribution in [3.63, 3.8) is 0 Å². The number of amides is 2. The fraction of sp³-hybridized carbons (Fsp3) is 0.389. The van der Waals surface area contributed by atoms with Gasteiger partial charge in [-0.25, -0.2) is 4.98 Å². The second-order valence-electron chi connectivity index (χ2n) is 6.22. The van der Waals surface area contributed by atoms with Crippen LogP contribution in [0.1, 0.15) is 24.6 Å². The average Bonchev–Trinajstić information content (AvgIpc) is 3.02. The fourth-order valence-corrected chi connectivity index (χ4v) is 3.83. The summed E-state index contributed by atoms with van der Waals surface area (Å²) in [7, 11) is 0. The first kappa shape index (κ1) is 17.6. The molecule has 1 aromatic heterocycles. The van der Waals surface area contributed by atoms with E-state index >= 15 is 0 Å². The Morgan fingerprint density at radius 2 is 1.92 bits per heavy atom. The lowest BCUT2D eigenvalue weighted by Crippen LogP contribution is -2.37. The summed E-state index contributed by atoms with van der Waals surface area (Å²) in [5, 5.41) is 6.34. The van der Waals surface area contributed by atoms with E-state index in [1.54, 1.807) is 0 Å². The first-order valence-corrected chi connectivity index (χ1v) is 9.22. The Morgan fingerprint density at radius 3 is 2.60 bits per heavy atom. The van der Waals surface area contributed by atoms with E-state index in [-0.39, 0.29) is 17.7 Å². The average molecular weight is 358 g/mol. The number of para-hydroxylation sites is 1. The molecule has 2 heterocycles. The zero-order chi connectivity index (χ0) is 17.6. The summed E-state index contributed by atoms with van der Waals surface area (Å²) in [5.74, 6) is 0.0654. The van der Waals surface area contributed by atoms with Crippen LogP contribution in [0.2, 0.25) is 0 Å². The molecule has 1 fully saturated rings. The van der Waals surface area contributed by atoms with Crippen LogP contribution in [0.5, 0.6) is 0 Å². The fourth-order valence-electron chi connectivity index (χ4n) is 2.93. The molecule has 2 amide bonds. The highest BCUT2D eigenvalue weighted by Crippen LogP contribution is 2.24. The van der Waals surface area contributed by atoms with Gasteiger partial charge in [0.1, 0.15) is 0 Å². The number of carbonyl (C=O) groups excluding carboxylic acids is 2. The predicted molar refractivity (Wildman–Crippen MR) is 99.5 cm³/mol. The number of aromatic nitrogens is 1. The summed E-state index contributed by atoms with van der Waals surface area (Å²) in [6, 6.07) is 9.59. The molecular formula is C18H22N4O2S. The molecule has 1 aromatic carbocycles. The topological polar surface area (TPSA) is 74.3 Å². The van der Waals surface area contributed by atoms with Gasteiger partial charge >= 0.3 is 0 Å². The van der Waals surface area contributed by atoms with Crippen molar-refractivity contribution in [2.75, 3.05) is 23.7 Å². The van der Waals surface area contributed by atoms with Gasteiger partial charge in [0.25, 0.3) is 0 Å². The van der Waals surface area contributed by atoms with E-state index in [0.29, 0.717) is 5.13 Å². The van der Waals surface area contributed by atoms with Crippen molar-refractivity contribution in [3.8, 4) is 0 Å². The van der Waals surface area contributed by atoms with Gasteiger partial charge in [-0.3, -0.25) is 14.5 Å². The third-order valence-corrected chi connectivity index (χ3v) is 5.11. The van der Waals surface area contributed by atoms with Crippen molar-refractivity contribution < 1.29 is 9.59 Å². The van der Waals surface area contributed by atoms with E-state index in [1.165, 1.54) is 18.3 Å². The zero-order valence-corrected chi connectivity index (χ0v) is 15.0. The molecule has 132 valence electrons. The summed E-state index contributed by atoms with van der Waals surface area (Å²) >= 11 is 1.50. The third-order valence-electron chi connectivity index (χ3n) is 4.22. The first-order valence-electron chi connectivity index (χ1n) is 8.41. The molecule has 1 aliphatic rings. The van der Waals surface area contributed by atoms with Gasteiger partial charge in [0.15, 0.2) is 5.13 Å². The van der Waals surface area contributed by atoms with Crippen molar-refractivity contribution in [1.82, 2.24) is 9.88 Å². The van der Waals surface area contributed by atoms with Gasteiger partial charge in [0.05, 0.1) is 0 Å². The quantitative estimate of drug-likeness (QED) is 0.862. The van der Waals surface area contributed by atoms with Crippen molar-refractivity contribution in [1.29, 1.82) is 0 Å². The van der Waals surface area contributed by atoms with Crippen molar-refractivity contribution in [2.45, 2.75) is 26.3 Å². The molecule has 7 heteroatoms. The number of anilines is 2. The van der Waals surface area contributed by atoms with Crippen LogP contribution in [0.3, 0.4) is 0 Å². The molecule has 3 rings (SSSR count). The Hall–Kier alpha value is -2.25. The number of likely N-dealkylation sites (tertiary alicyclic amines) is 1. The molecule has 25 heavy (non-hydrogen) atoms. The van der Waals surface area contributed by atoms with Crippen LogP contribution in [-0.2, 0) is 16.1 Å². The van der Waals surface area contributed by atoms with Crippen LogP contribution in [0.4, 0.5) is 10.8 Å². The summed E-state index contributed by atoms with van der Waals surface area (Å²) in [5.41, 5.74) is 0.852. The molecular weight excluding hydrogens is 336 g/mol. The lowest BCUT2D eigenvalue weighted by Gasteiger charge is -2.30. The number of thiazole rings is 1. The van der Waals surface area contributed by atoms with Crippen molar-refractivity contribution in [2.24, 2.45) is 5.92 Å². The SMILES string of the molecule is CC(=O)Nc1ncc(CN2CCC(C(=O)Nc3ccccc3)CC2)s1. The molecule has 0 unspecified atom stereocenters. The Kier molecular flexibility index (Phi) is 5.78. The van der Waals surface area contributed by atoms with Crippen LogP contribution in [0.25, 0.3) is 0 Å². The van der Waals surface area contributed by atoms with Gasteiger partial charge in [-0.15, -0.1) is 11.3 Å². The summed E-state index contributed by atoms with van der Waals surface area (Å²) in [6.07, 6.45) is 3.52. The maximum atomic E-state index is 12.4. The van der Waals surface area contributed by atoms with E-state index in [2.05, 4.69) is 20.5 Å². The summed E-state index contributed by atoms with van der Waals surface area (Å²) in [4.78, 5) is 31.1. The number of carbonyl (C=O) groups is 2. The number of nitrogens with one attached hydrogen (secondary N) is 2. The van der Waals surface area contributed by atoms with Gasteiger partial charge in [0, 0.05) is 36.1 Å². The Labute approximate surface area is 151 Å². The standard InChI is InChI=1S/C18H22N4O2S/c1-13(23)20-18-19-11-16(25-18)12-22-9-7-14(8-10-22)17(24)21-15-5-3-2-4-6-15/h2-6,11,14H,7-10,12H2,1H3,(H,21,24)(H,19,20,23). The Bertz CT molecular complexity index is 724. The molecule has 0 atom stereocenters. The number of rotatable bonds is 5. The molecule has 0 saturated carbocycles. The first-order chi connectivity index (χ1) is 12.1. The monoisotopic (exact) mass is 358 g/mol. The molecule has 1 aliphatic heterocycles. The molecule has 0 bridgehead atoms. The normalized spacial score (nSPS) is 15.7. The zero-order valence-electron chi connectivity index (χ0n) is 14.2. The minimum absolute atomic E-state index is 0.0628. The minimum atomic E-state index is -0.105. The number of benzene rings is 1. The largest absolute Gasteiger partial charge is 0.326 e. The number of nitrogens with zero attached hydrogens (tertiary/aromatic N) is 2. The lowest BCUT2D eigenvalue weighted by atomic mass is 9.96. The maximum Gasteiger partial charge on any atom is 0.227 e. The molecule has 2 aromatic rings. The van der Waals surface area contributed by atoms with Gasteiger partial charge in [0.2, 0.25) is 11.8 Å². The molecule has 0 aliphatic carbocycles.